The van der Waals surface area contributed by atoms with Gasteiger partial charge in [-0.2, -0.15) is 0 Å². The summed E-state index contributed by atoms with van der Waals surface area (Å²) in [6.07, 6.45) is 5.75. The SMILES string of the molecule is CC1(C)CN(C(=O)C2CC3CCCC(C2)C3N)CCO1. The molecule has 2 N–H and O–H groups in total. The van der Waals surface area contributed by atoms with Crippen LogP contribution in [0.25, 0.3) is 0 Å². The summed E-state index contributed by atoms with van der Waals surface area (Å²) in [6, 6.07) is 0.342. The lowest BCUT2D eigenvalue weighted by Crippen LogP contribution is -2.54. The zero-order valence-corrected chi connectivity index (χ0v) is 12.8. The number of rotatable bonds is 1. The van der Waals surface area contributed by atoms with Gasteiger partial charge in [0.15, 0.2) is 0 Å². The molecule has 2 unspecified atom stereocenters. The lowest BCUT2D eigenvalue weighted by atomic mass is 9.65. The van der Waals surface area contributed by atoms with Crippen LogP contribution in [0.3, 0.4) is 0 Å². The molecule has 0 aromatic rings. The van der Waals surface area contributed by atoms with Crippen molar-refractivity contribution in [3.63, 3.8) is 0 Å². The van der Waals surface area contributed by atoms with E-state index in [9.17, 15) is 4.79 Å². The van der Waals surface area contributed by atoms with E-state index in [0.717, 1.165) is 25.9 Å². The average molecular weight is 280 g/mol. The Morgan fingerprint density at radius 1 is 1.25 bits per heavy atom. The number of carbonyl (C=O) groups is 1. The highest BCUT2D eigenvalue weighted by atomic mass is 16.5. The van der Waals surface area contributed by atoms with Crippen molar-refractivity contribution in [2.75, 3.05) is 19.7 Å². The van der Waals surface area contributed by atoms with Gasteiger partial charge in [0.05, 0.1) is 12.2 Å². The van der Waals surface area contributed by atoms with Crippen molar-refractivity contribution in [1.82, 2.24) is 4.90 Å². The van der Waals surface area contributed by atoms with E-state index >= 15 is 0 Å². The lowest BCUT2D eigenvalue weighted by molar-refractivity contribution is -0.152. The first-order chi connectivity index (χ1) is 9.46. The van der Waals surface area contributed by atoms with Crippen LogP contribution in [-0.4, -0.2) is 42.1 Å². The molecule has 2 bridgehead atoms. The van der Waals surface area contributed by atoms with Crippen molar-refractivity contribution in [2.24, 2.45) is 23.5 Å². The summed E-state index contributed by atoms with van der Waals surface area (Å²) in [7, 11) is 0. The topological polar surface area (TPSA) is 55.6 Å². The summed E-state index contributed by atoms with van der Waals surface area (Å²) in [5, 5.41) is 0. The second kappa shape index (κ2) is 5.30. The Hall–Kier alpha value is -0.610. The van der Waals surface area contributed by atoms with Crippen LogP contribution < -0.4 is 5.73 Å². The van der Waals surface area contributed by atoms with Crippen LogP contribution in [-0.2, 0) is 9.53 Å². The van der Waals surface area contributed by atoms with Gasteiger partial charge in [0.1, 0.15) is 0 Å². The fraction of sp³-hybridized carbons (Fsp3) is 0.938. The van der Waals surface area contributed by atoms with E-state index in [4.69, 9.17) is 10.5 Å². The van der Waals surface area contributed by atoms with Gasteiger partial charge in [0.2, 0.25) is 5.91 Å². The first-order valence-electron chi connectivity index (χ1n) is 8.14. The largest absolute Gasteiger partial charge is 0.372 e. The van der Waals surface area contributed by atoms with Crippen LogP contribution in [0.2, 0.25) is 0 Å². The zero-order chi connectivity index (χ0) is 14.3. The molecule has 3 aliphatic rings. The van der Waals surface area contributed by atoms with Crippen molar-refractivity contribution < 1.29 is 9.53 Å². The molecule has 4 nitrogen and oxygen atoms in total. The molecule has 3 fully saturated rings. The van der Waals surface area contributed by atoms with Crippen LogP contribution in [0, 0.1) is 17.8 Å². The Morgan fingerprint density at radius 3 is 2.50 bits per heavy atom. The maximum absolute atomic E-state index is 12.8. The number of fused-ring (bicyclic) bond motifs is 2. The van der Waals surface area contributed by atoms with Gasteiger partial charge < -0.3 is 15.4 Å². The third-order valence-corrected chi connectivity index (χ3v) is 5.50. The molecule has 3 rings (SSSR count). The standard InChI is InChI=1S/C16H28N2O2/c1-16(2)10-18(6-7-20-16)15(19)13-8-11-4-3-5-12(9-13)14(11)17/h11-14H,3-10,17H2,1-2H3. The van der Waals surface area contributed by atoms with Gasteiger partial charge in [-0.15, -0.1) is 0 Å². The van der Waals surface area contributed by atoms with Gasteiger partial charge in [0, 0.05) is 25.0 Å². The third kappa shape index (κ3) is 2.73. The van der Waals surface area contributed by atoms with Gasteiger partial charge in [-0.05, 0) is 51.4 Å². The molecule has 1 heterocycles. The molecular formula is C16H28N2O2. The van der Waals surface area contributed by atoms with Crippen LogP contribution in [0.15, 0.2) is 0 Å². The Labute approximate surface area is 122 Å². The number of morpholine rings is 1. The minimum absolute atomic E-state index is 0.200. The number of hydrogen-bond donors (Lipinski definition) is 1. The molecule has 0 radical (unpaired) electrons. The van der Waals surface area contributed by atoms with Crippen LogP contribution in [0.5, 0.6) is 0 Å². The van der Waals surface area contributed by atoms with Crippen molar-refractivity contribution in [2.45, 2.75) is 57.6 Å². The Kier molecular flexibility index (Phi) is 3.80. The van der Waals surface area contributed by atoms with Crippen molar-refractivity contribution in [3.05, 3.63) is 0 Å². The number of nitrogens with two attached hydrogens (primary N) is 1. The molecule has 2 atom stereocenters. The number of carbonyl (C=O) groups excluding carboxylic acids is 1. The molecule has 0 spiro atoms. The molecule has 1 amide bonds. The predicted molar refractivity (Wildman–Crippen MR) is 78.1 cm³/mol. The first-order valence-corrected chi connectivity index (χ1v) is 8.14. The molecule has 1 aliphatic heterocycles. The molecule has 2 saturated carbocycles. The molecule has 114 valence electrons. The highest BCUT2D eigenvalue weighted by molar-refractivity contribution is 5.79. The molecule has 1 saturated heterocycles. The molecule has 20 heavy (non-hydrogen) atoms. The van der Waals surface area contributed by atoms with E-state index in [1.165, 1.54) is 19.3 Å². The van der Waals surface area contributed by atoms with Gasteiger partial charge in [-0.25, -0.2) is 0 Å². The number of ether oxygens (including phenoxy) is 1. The van der Waals surface area contributed by atoms with E-state index in [-0.39, 0.29) is 11.5 Å². The Balaban J connectivity index is 1.66. The average Bonchev–Trinajstić information content (AvgIpc) is 2.36. The van der Waals surface area contributed by atoms with Crippen LogP contribution in [0.1, 0.15) is 46.0 Å². The van der Waals surface area contributed by atoms with Crippen molar-refractivity contribution in [1.29, 1.82) is 0 Å². The summed E-state index contributed by atoms with van der Waals surface area (Å²) < 4.78 is 5.71. The molecule has 4 heteroatoms. The van der Waals surface area contributed by atoms with Gasteiger partial charge in [0.25, 0.3) is 0 Å². The molecular weight excluding hydrogens is 252 g/mol. The maximum atomic E-state index is 12.8. The molecule has 0 aromatic heterocycles. The van der Waals surface area contributed by atoms with Crippen molar-refractivity contribution in [3.8, 4) is 0 Å². The van der Waals surface area contributed by atoms with Gasteiger partial charge >= 0.3 is 0 Å². The molecule has 2 aliphatic carbocycles. The van der Waals surface area contributed by atoms with E-state index in [1.54, 1.807) is 0 Å². The minimum Gasteiger partial charge on any atom is -0.372 e. The summed E-state index contributed by atoms with van der Waals surface area (Å²) in [5.41, 5.74) is 6.12. The monoisotopic (exact) mass is 280 g/mol. The van der Waals surface area contributed by atoms with Crippen LogP contribution in [0.4, 0.5) is 0 Å². The Bertz CT molecular complexity index is 369. The third-order valence-electron chi connectivity index (χ3n) is 5.50. The summed E-state index contributed by atoms with van der Waals surface area (Å²) in [6.45, 7) is 6.28. The highest BCUT2D eigenvalue weighted by Crippen LogP contribution is 2.42. The minimum atomic E-state index is -0.200. The summed E-state index contributed by atoms with van der Waals surface area (Å²) in [4.78, 5) is 14.8. The fourth-order valence-corrected chi connectivity index (χ4v) is 4.45. The van der Waals surface area contributed by atoms with Gasteiger partial charge in [-0.1, -0.05) is 6.42 Å². The Morgan fingerprint density at radius 2 is 1.90 bits per heavy atom. The zero-order valence-electron chi connectivity index (χ0n) is 12.8. The first kappa shape index (κ1) is 14.3. The number of nitrogens with zero attached hydrogens (tertiary/aromatic N) is 1. The second-order valence-electron chi connectivity index (χ2n) is 7.56. The predicted octanol–water partition coefficient (Wildman–Crippen LogP) is 1.78. The van der Waals surface area contributed by atoms with E-state index in [2.05, 4.69) is 13.8 Å². The fourth-order valence-electron chi connectivity index (χ4n) is 4.45. The highest BCUT2D eigenvalue weighted by Gasteiger charge is 2.42. The normalized spacial score (nSPS) is 40.5. The summed E-state index contributed by atoms with van der Waals surface area (Å²) >= 11 is 0. The quantitative estimate of drug-likeness (QED) is 0.796. The number of amides is 1. The van der Waals surface area contributed by atoms with Crippen molar-refractivity contribution >= 4 is 5.91 Å². The summed E-state index contributed by atoms with van der Waals surface area (Å²) in [5.74, 6) is 1.71. The maximum Gasteiger partial charge on any atom is 0.225 e. The molecule has 0 aromatic carbocycles. The van der Waals surface area contributed by atoms with E-state index in [0.29, 0.717) is 30.4 Å². The lowest BCUT2D eigenvalue weighted by Gasteiger charge is -2.46. The smallest absolute Gasteiger partial charge is 0.225 e. The van der Waals surface area contributed by atoms with E-state index in [1.807, 2.05) is 4.90 Å². The van der Waals surface area contributed by atoms with Crippen LogP contribution >= 0.6 is 0 Å². The van der Waals surface area contributed by atoms with E-state index < -0.39 is 0 Å². The number of hydrogen-bond acceptors (Lipinski definition) is 3. The second-order valence-corrected chi connectivity index (χ2v) is 7.56. The van der Waals surface area contributed by atoms with Gasteiger partial charge in [-0.3, -0.25) is 4.79 Å².